The van der Waals surface area contributed by atoms with E-state index < -0.39 is 0 Å². The smallest absolute Gasteiger partial charge is 0.211 e. The predicted octanol–water partition coefficient (Wildman–Crippen LogP) is 2.71. The van der Waals surface area contributed by atoms with Crippen LogP contribution < -0.4 is 0 Å². The lowest BCUT2D eigenvalue weighted by atomic mass is 10.2. The second-order valence-electron chi connectivity index (χ2n) is 2.21. The Labute approximate surface area is 82.6 Å². The number of benzene rings is 1. The number of hydrogen-bond acceptors (Lipinski definition) is 2. The summed E-state index contributed by atoms with van der Waals surface area (Å²) in [5, 5.41) is 0. The highest BCUT2D eigenvalue weighted by molar-refractivity contribution is 14.1. The van der Waals surface area contributed by atoms with Crippen LogP contribution in [0.25, 0.3) is 0 Å². The van der Waals surface area contributed by atoms with Crippen molar-refractivity contribution in [2.24, 2.45) is 4.99 Å². The Morgan fingerprint density at radius 1 is 1.58 bits per heavy atom. The summed E-state index contributed by atoms with van der Waals surface area (Å²) in [6.07, 6.45) is 1.42. The SMILES string of the molecule is Cc1c(F)ccc(N=C=O)c1I. The summed E-state index contributed by atoms with van der Waals surface area (Å²) in [5.74, 6) is -0.288. The van der Waals surface area contributed by atoms with Crippen LogP contribution in [-0.4, -0.2) is 6.08 Å². The van der Waals surface area contributed by atoms with E-state index in [2.05, 4.69) is 4.99 Å². The number of nitrogens with zero attached hydrogens (tertiary/aromatic N) is 1. The second-order valence-corrected chi connectivity index (χ2v) is 3.29. The average molecular weight is 277 g/mol. The highest BCUT2D eigenvalue weighted by Crippen LogP contribution is 2.25. The first kappa shape index (κ1) is 9.35. The van der Waals surface area contributed by atoms with Gasteiger partial charge in [-0.2, -0.15) is 4.99 Å². The zero-order chi connectivity index (χ0) is 9.14. The summed E-state index contributed by atoms with van der Waals surface area (Å²) in [6, 6.07) is 2.74. The normalized spacial score (nSPS) is 9.25. The van der Waals surface area contributed by atoms with Gasteiger partial charge in [0.2, 0.25) is 6.08 Å². The van der Waals surface area contributed by atoms with Gasteiger partial charge >= 0.3 is 0 Å². The van der Waals surface area contributed by atoms with Crippen LogP contribution in [0.2, 0.25) is 0 Å². The van der Waals surface area contributed by atoms with Gasteiger partial charge < -0.3 is 0 Å². The fourth-order valence-electron chi connectivity index (χ4n) is 0.783. The van der Waals surface area contributed by atoms with Gasteiger partial charge in [0.15, 0.2) is 0 Å². The molecule has 0 radical (unpaired) electrons. The third-order valence-electron chi connectivity index (χ3n) is 1.47. The Balaban J connectivity index is 3.35. The molecule has 0 aliphatic rings. The summed E-state index contributed by atoms with van der Waals surface area (Å²) in [4.78, 5) is 13.4. The average Bonchev–Trinajstić information content (AvgIpc) is 2.07. The maximum absolute atomic E-state index is 12.9. The van der Waals surface area contributed by atoms with Gasteiger partial charge in [0, 0.05) is 9.13 Å². The van der Waals surface area contributed by atoms with Gasteiger partial charge in [-0.15, -0.1) is 0 Å². The van der Waals surface area contributed by atoms with Crippen LogP contribution in [-0.2, 0) is 4.79 Å². The molecule has 1 rings (SSSR count). The van der Waals surface area contributed by atoms with Crippen LogP contribution >= 0.6 is 22.6 Å². The monoisotopic (exact) mass is 277 g/mol. The van der Waals surface area contributed by atoms with Gasteiger partial charge in [0.05, 0.1) is 5.69 Å². The number of hydrogen-bond donors (Lipinski definition) is 0. The van der Waals surface area contributed by atoms with E-state index in [0.717, 1.165) is 0 Å². The number of aliphatic imine (C=N–C) groups is 1. The van der Waals surface area contributed by atoms with Crippen molar-refractivity contribution in [3.05, 3.63) is 27.1 Å². The zero-order valence-electron chi connectivity index (χ0n) is 6.27. The topological polar surface area (TPSA) is 29.4 Å². The maximum Gasteiger partial charge on any atom is 0.240 e. The molecule has 62 valence electrons. The van der Waals surface area contributed by atoms with Crippen LogP contribution in [0.3, 0.4) is 0 Å². The minimum absolute atomic E-state index is 0.288. The fourth-order valence-corrected chi connectivity index (χ4v) is 1.34. The van der Waals surface area contributed by atoms with E-state index in [-0.39, 0.29) is 5.82 Å². The van der Waals surface area contributed by atoms with Crippen LogP contribution in [0.4, 0.5) is 10.1 Å². The highest BCUT2D eigenvalue weighted by atomic mass is 127. The molecule has 4 heteroatoms. The van der Waals surface area contributed by atoms with Gasteiger partial charge in [0.25, 0.3) is 0 Å². The molecule has 0 N–H and O–H groups in total. The van der Waals surface area contributed by atoms with Crippen molar-refractivity contribution in [3.63, 3.8) is 0 Å². The molecule has 0 spiro atoms. The molecule has 0 amide bonds. The van der Waals surface area contributed by atoms with Crippen molar-refractivity contribution in [1.29, 1.82) is 0 Å². The molecule has 0 saturated heterocycles. The van der Waals surface area contributed by atoms with E-state index in [0.29, 0.717) is 14.8 Å². The molecular formula is C8H5FINO. The third-order valence-corrected chi connectivity index (χ3v) is 2.83. The number of carbonyl (C=O) groups excluding carboxylic acids is 1. The fraction of sp³-hybridized carbons (Fsp3) is 0.125. The molecule has 0 unspecified atom stereocenters. The molecule has 12 heavy (non-hydrogen) atoms. The van der Waals surface area contributed by atoms with Crippen molar-refractivity contribution < 1.29 is 9.18 Å². The van der Waals surface area contributed by atoms with Crippen molar-refractivity contribution in [2.75, 3.05) is 0 Å². The van der Waals surface area contributed by atoms with Crippen LogP contribution in [0.1, 0.15) is 5.56 Å². The molecule has 0 atom stereocenters. The predicted molar refractivity (Wildman–Crippen MR) is 51.6 cm³/mol. The lowest BCUT2D eigenvalue weighted by Crippen LogP contribution is -1.86. The minimum Gasteiger partial charge on any atom is -0.211 e. The Kier molecular flexibility index (Phi) is 2.94. The van der Waals surface area contributed by atoms with Crippen LogP contribution in [0, 0.1) is 16.3 Å². The summed E-state index contributed by atoms with van der Waals surface area (Å²) < 4.78 is 13.5. The Morgan fingerprint density at radius 2 is 2.25 bits per heavy atom. The summed E-state index contributed by atoms with van der Waals surface area (Å²) in [7, 11) is 0. The van der Waals surface area contributed by atoms with Crippen LogP contribution in [0.5, 0.6) is 0 Å². The molecule has 0 aliphatic carbocycles. The summed E-state index contributed by atoms with van der Waals surface area (Å²) in [6.45, 7) is 1.64. The molecule has 1 aromatic carbocycles. The third kappa shape index (κ3) is 1.70. The lowest BCUT2D eigenvalue weighted by molar-refractivity contribution is 0.565. The molecule has 1 aromatic rings. The first-order valence-electron chi connectivity index (χ1n) is 3.19. The molecule has 0 bridgehead atoms. The summed E-state index contributed by atoms with van der Waals surface area (Å²) >= 11 is 1.94. The minimum atomic E-state index is -0.288. The Hall–Kier alpha value is -0.740. The molecule has 0 heterocycles. The van der Waals surface area contributed by atoms with E-state index in [1.807, 2.05) is 22.6 Å². The van der Waals surface area contributed by atoms with Gasteiger partial charge in [-0.25, -0.2) is 9.18 Å². The van der Waals surface area contributed by atoms with Gasteiger partial charge in [-0.1, -0.05) is 0 Å². The molecule has 0 saturated carbocycles. The number of halogens is 2. The molecule has 0 fully saturated rings. The second kappa shape index (κ2) is 3.78. The van der Waals surface area contributed by atoms with Gasteiger partial charge in [0.1, 0.15) is 5.82 Å². The quantitative estimate of drug-likeness (QED) is 0.441. The maximum atomic E-state index is 12.9. The zero-order valence-corrected chi connectivity index (χ0v) is 8.42. The lowest BCUT2D eigenvalue weighted by Gasteiger charge is -2.01. The van der Waals surface area contributed by atoms with Gasteiger partial charge in [-0.05, 0) is 41.6 Å². The van der Waals surface area contributed by atoms with Crippen molar-refractivity contribution >= 4 is 34.4 Å². The van der Waals surface area contributed by atoms with Crippen LogP contribution in [0.15, 0.2) is 17.1 Å². The largest absolute Gasteiger partial charge is 0.240 e. The van der Waals surface area contributed by atoms with Gasteiger partial charge in [-0.3, -0.25) is 0 Å². The highest BCUT2D eigenvalue weighted by Gasteiger charge is 2.05. The first-order valence-corrected chi connectivity index (χ1v) is 4.27. The van der Waals surface area contributed by atoms with E-state index in [4.69, 9.17) is 0 Å². The molecule has 0 aromatic heterocycles. The van der Waals surface area contributed by atoms with Crippen molar-refractivity contribution in [3.8, 4) is 0 Å². The van der Waals surface area contributed by atoms with E-state index >= 15 is 0 Å². The molecule has 2 nitrogen and oxygen atoms in total. The van der Waals surface area contributed by atoms with E-state index in [1.165, 1.54) is 18.2 Å². The summed E-state index contributed by atoms with van der Waals surface area (Å²) in [5.41, 5.74) is 0.969. The first-order chi connectivity index (χ1) is 5.66. The Morgan fingerprint density at radius 3 is 2.83 bits per heavy atom. The standard InChI is InChI=1S/C8H5FINO/c1-5-6(9)2-3-7(8(5)10)11-4-12/h2-3H,1H3. The van der Waals surface area contributed by atoms with E-state index in [9.17, 15) is 9.18 Å². The molecular weight excluding hydrogens is 272 g/mol. The van der Waals surface area contributed by atoms with Crippen molar-refractivity contribution in [1.82, 2.24) is 0 Å². The Bertz CT molecular complexity index is 358. The molecule has 0 aliphatic heterocycles. The van der Waals surface area contributed by atoms with E-state index in [1.54, 1.807) is 6.92 Å². The number of isocyanates is 1. The number of rotatable bonds is 1. The van der Waals surface area contributed by atoms with Crippen molar-refractivity contribution in [2.45, 2.75) is 6.92 Å².